The molecule has 0 aromatic heterocycles. The Morgan fingerprint density at radius 3 is 2.55 bits per heavy atom. The number of Topliss-reactive ketones (excluding diaryl/α,β-unsaturated/α-hetero) is 1. The maximum atomic E-state index is 12.9. The van der Waals surface area contributed by atoms with Crippen LogP contribution in [0.2, 0.25) is 0 Å². The third kappa shape index (κ3) is 3.99. The monoisotopic (exact) mass is 455 g/mol. The number of carbonyl (C=O) groups excluding carboxylic acids is 3. The van der Waals surface area contributed by atoms with E-state index in [1.165, 1.54) is 4.90 Å². The number of amides is 2. The van der Waals surface area contributed by atoms with E-state index in [0.717, 1.165) is 23.7 Å². The van der Waals surface area contributed by atoms with Gasteiger partial charge in [-0.1, -0.05) is 41.1 Å². The minimum absolute atomic E-state index is 0.115. The number of hydrogen-bond acceptors (Lipinski definition) is 4. The molecule has 3 atom stereocenters. The highest BCUT2D eigenvalue weighted by Crippen LogP contribution is 2.42. The summed E-state index contributed by atoms with van der Waals surface area (Å²) in [6.45, 7) is 2.02. The van der Waals surface area contributed by atoms with E-state index < -0.39 is 0 Å². The van der Waals surface area contributed by atoms with Gasteiger partial charge in [-0.2, -0.15) is 0 Å². The first-order chi connectivity index (χ1) is 13.9. The third-order valence-corrected chi connectivity index (χ3v) is 6.33. The summed E-state index contributed by atoms with van der Waals surface area (Å²) in [5.74, 6) is 0.127. The predicted molar refractivity (Wildman–Crippen MR) is 113 cm³/mol. The zero-order chi connectivity index (χ0) is 20.5. The normalized spacial score (nSPS) is 23.8. The molecule has 0 N–H and O–H groups in total. The van der Waals surface area contributed by atoms with Gasteiger partial charge < -0.3 is 4.74 Å². The van der Waals surface area contributed by atoms with E-state index in [-0.39, 0.29) is 36.0 Å². The van der Waals surface area contributed by atoms with Gasteiger partial charge in [0.1, 0.15) is 5.75 Å². The summed E-state index contributed by atoms with van der Waals surface area (Å²) >= 11 is 3.34. The van der Waals surface area contributed by atoms with Gasteiger partial charge in [0.2, 0.25) is 11.8 Å². The summed E-state index contributed by atoms with van der Waals surface area (Å²) in [4.78, 5) is 39.4. The van der Waals surface area contributed by atoms with Crippen molar-refractivity contribution in [3.63, 3.8) is 0 Å². The molecule has 1 saturated carbocycles. The van der Waals surface area contributed by atoms with E-state index in [2.05, 4.69) is 22.9 Å². The minimum atomic E-state index is -0.213. The number of rotatable bonds is 5. The molecule has 5 nitrogen and oxygen atoms in total. The molecule has 4 rings (SSSR count). The van der Waals surface area contributed by atoms with Gasteiger partial charge in [-0.25, -0.2) is 4.90 Å². The smallest absolute Gasteiger partial charge is 0.237 e. The molecule has 150 valence electrons. The molecule has 6 heteroatoms. The standard InChI is InChI=1S/C23H22BrNO4/c1-14-5-10-19-20(11-14)23(28)25(22(19)27)17-3-2-4-18(12-17)29-13-21(26)15-6-8-16(24)9-7-15/h2-4,6-9,12,14,19-20H,5,10-11,13H2,1H3/t14-,19-,20+/m1/s1. The van der Waals surface area contributed by atoms with Gasteiger partial charge in [0.25, 0.3) is 0 Å². The van der Waals surface area contributed by atoms with Gasteiger partial charge in [0, 0.05) is 16.1 Å². The Morgan fingerprint density at radius 1 is 1.07 bits per heavy atom. The Kier molecular flexibility index (Phi) is 5.54. The van der Waals surface area contributed by atoms with Crippen LogP contribution in [0.3, 0.4) is 0 Å². The number of ketones is 1. The molecule has 0 spiro atoms. The number of halogens is 1. The number of anilines is 1. The van der Waals surface area contributed by atoms with Crippen LogP contribution in [0.4, 0.5) is 5.69 Å². The molecular weight excluding hydrogens is 434 g/mol. The predicted octanol–water partition coefficient (Wildman–Crippen LogP) is 4.64. The van der Waals surface area contributed by atoms with E-state index in [1.807, 2.05) is 0 Å². The number of nitrogens with zero attached hydrogens (tertiary/aromatic N) is 1. The van der Waals surface area contributed by atoms with Crippen molar-refractivity contribution in [1.82, 2.24) is 0 Å². The van der Waals surface area contributed by atoms with Crippen molar-refractivity contribution >= 4 is 39.2 Å². The number of hydrogen-bond donors (Lipinski definition) is 0. The summed E-state index contributed by atoms with van der Waals surface area (Å²) in [5.41, 5.74) is 1.07. The molecule has 2 fully saturated rings. The Balaban J connectivity index is 1.47. The first-order valence-corrected chi connectivity index (χ1v) is 10.6. The maximum absolute atomic E-state index is 12.9. The Hall–Kier alpha value is -2.47. The number of carbonyl (C=O) groups is 3. The molecule has 1 saturated heterocycles. The molecule has 2 amide bonds. The minimum Gasteiger partial charge on any atom is -0.485 e. The third-order valence-electron chi connectivity index (χ3n) is 5.80. The fraction of sp³-hybridized carbons (Fsp3) is 0.348. The zero-order valence-electron chi connectivity index (χ0n) is 16.1. The molecule has 29 heavy (non-hydrogen) atoms. The largest absolute Gasteiger partial charge is 0.485 e. The van der Waals surface area contributed by atoms with Crippen molar-refractivity contribution in [2.75, 3.05) is 11.5 Å². The van der Waals surface area contributed by atoms with Gasteiger partial charge in [-0.05, 0) is 49.4 Å². The molecule has 1 aliphatic heterocycles. The van der Waals surface area contributed by atoms with Crippen LogP contribution in [-0.4, -0.2) is 24.2 Å². The summed E-state index contributed by atoms with van der Waals surface area (Å²) < 4.78 is 6.55. The van der Waals surface area contributed by atoms with Gasteiger partial charge in [-0.15, -0.1) is 0 Å². The average Bonchev–Trinajstić information content (AvgIpc) is 2.96. The van der Waals surface area contributed by atoms with Crippen molar-refractivity contribution in [2.45, 2.75) is 26.2 Å². The molecule has 1 heterocycles. The van der Waals surface area contributed by atoms with Crippen LogP contribution in [0.1, 0.15) is 36.5 Å². The fourth-order valence-electron chi connectivity index (χ4n) is 4.22. The van der Waals surface area contributed by atoms with Crippen LogP contribution in [0.25, 0.3) is 0 Å². The number of benzene rings is 2. The molecule has 0 bridgehead atoms. The highest BCUT2D eigenvalue weighted by molar-refractivity contribution is 9.10. The summed E-state index contributed by atoms with van der Waals surface area (Å²) in [5, 5.41) is 0. The van der Waals surface area contributed by atoms with Crippen molar-refractivity contribution in [1.29, 1.82) is 0 Å². The molecule has 2 aliphatic rings. The lowest BCUT2D eigenvalue weighted by atomic mass is 9.76. The van der Waals surface area contributed by atoms with Crippen LogP contribution in [-0.2, 0) is 9.59 Å². The van der Waals surface area contributed by atoms with Crippen LogP contribution in [0.15, 0.2) is 53.0 Å². The summed E-state index contributed by atoms with van der Waals surface area (Å²) in [6, 6.07) is 13.9. The van der Waals surface area contributed by atoms with E-state index in [9.17, 15) is 14.4 Å². The van der Waals surface area contributed by atoms with E-state index in [4.69, 9.17) is 4.74 Å². The lowest BCUT2D eigenvalue weighted by Crippen LogP contribution is -2.30. The number of imide groups is 1. The molecule has 0 radical (unpaired) electrons. The molecule has 2 aromatic rings. The Bertz CT molecular complexity index is 956. The lowest BCUT2D eigenvalue weighted by molar-refractivity contribution is -0.122. The van der Waals surface area contributed by atoms with E-state index in [1.54, 1.807) is 48.5 Å². The quantitative estimate of drug-likeness (QED) is 0.486. The first kappa shape index (κ1) is 19.8. The fourth-order valence-corrected chi connectivity index (χ4v) is 4.49. The SMILES string of the molecule is C[C@@H]1CC[C@H]2C(=O)N(c3cccc(OCC(=O)c4ccc(Br)cc4)c3)C(=O)[C@H]2C1. The molecule has 1 aliphatic carbocycles. The maximum Gasteiger partial charge on any atom is 0.237 e. The van der Waals surface area contributed by atoms with Crippen LogP contribution in [0.5, 0.6) is 5.75 Å². The van der Waals surface area contributed by atoms with Crippen LogP contribution >= 0.6 is 15.9 Å². The Morgan fingerprint density at radius 2 is 1.79 bits per heavy atom. The second kappa shape index (κ2) is 8.11. The second-order valence-electron chi connectivity index (χ2n) is 7.86. The van der Waals surface area contributed by atoms with Crippen LogP contribution in [0, 0.1) is 17.8 Å². The zero-order valence-corrected chi connectivity index (χ0v) is 17.7. The summed E-state index contributed by atoms with van der Waals surface area (Å²) in [7, 11) is 0. The molecule has 0 unspecified atom stereocenters. The molecular formula is C23H22BrNO4. The van der Waals surface area contributed by atoms with Crippen LogP contribution < -0.4 is 9.64 Å². The first-order valence-electron chi connectivity index (χ1n) is 9.83. The average molecular weight is 456 g/mol. The topological polar surface area (TPSA) is 63.7 Å². The Labute approximate surface area is 178 Å². The highest BCUT2D eigenvalue weighted by Gasteiger charge is 2.49. The highest BCUT2D eigenvalue weighted by atomic mass is 79.9. The van der Waals surface area contributed by atoms with E-state index in [0.29, 0.717) is 22.9 Å². The van der Waals surface area contributed by atoms with Gasteiger partial charge in [-0.3, -0.25) is 14.4 Å². The lowest BCUT2D eigenvalue weighted by Gasteiger charge is -2.25. The van der Waals surface area contributed by atoms with Gasteiger partial charge >= 0.3 is 0 Å². The van der Waals surface area contributed by atoms with Crippen molar-refractivity contribution in [3.05, 3.63) is 58.6 Å². The van der Waals surface area contributed by atoms with Gasteiger partial charge in [0.15, 0.2) is 12.4 Å². The summed E-state index contributed by atoms with van der Waals surface area (Å²) in [6.07, 6.45) is 2.52. The van der Waals surface area contributed by atoms with E-state index >= 15 is 0 Å². The van der Waals surface area contributed by atoms with Gasteiger partial charge in [0.05, 0.1) is 17.5 Å². The molecule has 2 aromatic carbocycles. The second-order valence-corrected chi connectivity index (χ2v) is 8.77. The van der Waals surface area contributed by atoms with Crippen molar-refractivity contribution < 1.29 is 19.1 Å². The van der Waals surface area contributed by atoms with Crippen molar-refractivity contribution in [3.8, 4) is 5.75 Å². The van der Waals surface area contributed by atoms with Crippen molar-refractivity contribution in [2.24, 2.45) is 17.8 Å². The number of fused-ring (bicyclic) bond motifs is 1. The number of ether oxygens (including phenoxy) is 1.